The summed E-state index contributed by atoms with van der Waals surface area (Å²) in [5.41, 5.74) is 1.09. The fourth-order valence-corrected chi connectivity index (χ4v) is 2.81. The van der Waals surface area contributed by atoms with E-state index in [2.05, 4.69) is 31.2 Å². The molecule has 0 fully saturated rings. The number of carbonyl (C=O) groups excluding carboxylic acids is 1. The number of carboxylic acids is 1. The average Bonchev–Trinajstić information content (AvgIpc) is 2.56. The highest BCUT2D eigenvalue weighted by Gasteiger charge is 2.12. The van der Waals surface area contributed by atoms with Crippen LogP contribution in [0.25, 0.3) is 10.9 Å². The molecule has 24 heavy (non-hydrogen) atoms. The van der Waals surface area contributed by atoms with Crippen molar-refractivity contribution < 1.29 is 14.6 Å². The van der Waals surface area contributed by atoms with Gasteiger partial charge in [-0.2, -0.15) is 0 Å². The molecule has 0 radical (unpaired) electrons. The normalized spacial score (nSPS) is 10.6. The molecule has 3 rings (SSSR count). The molecule has 1 aromatic heterocycles. The molecule has 0 aliphatic heterocycles. The van der Waals surface area contributed by atoms with Crippen LogP contribution < -0.4 is 15.2 Å². The first-order valence-electron chi connectivity index (χ1n) is 6.75. The maximum absolute atomic E-state index is 11.1. The number of nitrogens with one attached hydrogen (secondary N) is 1. The SMILES string of the molecule is COc1cc(Nc2ncnc3ccc(Br)cc23)c(Cl)cc1C(=O)[O-]. The minimum absolute atomic E-state index is 0.122. The van der Waals surface area contributed by atoms with Gasteiger partial charge in [-0.3, -0.25) is 0 Å². The van der Waals surface area contributed by atoms with Crippen LogP contribution in [0.15, 0.2) is 41.1 Å². The average molecular weight is 408 g/mol. The molecule has 0 saturated carbocycles. The van der Waals surface area contributed by atoms with Crippen molar-refractivity contribution in [3.8, 4) is 5.75 Å². The first-order valence-corrected chi connectivity index (χ1v) is 7.93. The van der Waals surface area contributed by atoms with Gasteiger partial charge in [0.05, 0.1) is 29.3 Å². The molecule has 1 heterocycles. The predicted octanol–water partition coefficient (Wildman–Crippen LogP) is 3.16. The topological polar surface area (TPSA) is 87.2 Å². The summed E-state index contributed by atoms with van der Waals surface area (Å²) >= 11 is 9.59. The number of anilines is 2. The van der Waals surface area contributed by atoms with Crippen LogP contribution in [-0.4, -0.2) is 23.0 Å². The number of ether oxygens (including phenoxy) is 1. The molecular weight excluding hydrogens is 398 g/mol. The Hall–Kier alpha value is -2.38. The van der Waals surface area contributed by atoms with Crippen molar-refractivity contribution in [2.24, 2.45) is 0 Å². The number of benzene rings is 2. The maximum Gasteiger partial charge on any atom is 0.141 e. The Morgan fingerprint density at radius 3 is 2.79 bits per heavy atom. The van der Waals surface area contributed by atoms with E-state index in [0.717, 1.165) is 15.4 Å². The lowest BCUT2D eigenvalue weighted by Gasteiger charge is -2.15. The number of carbonyl (C=O) groups is 1. The van der Waals surface area contributed by atoms with Gasteiger partial charge in [0.1, 0.15) is 17.9 Å². The first-order chi connectivity index (χ1) is 11.5. The van der Waals surface area contributed by atoms with E-state index in [4.69, 9.17) is 16.3 Å². The molecule has 0 unspecified atom stereocenters. The number of hydrogen-bond donors (Lipinski definition) is 1. The zero-order valence-corrected chi connectivity index (χ0v) is 14.7. The largest absolute Gasteiger partial charge is 0.545 e. The molecule has 0 saturated heterocycles. The van der Waals surface area contributed by atoms with Crippen LogP contribution >= 0.6 is 27.5 Å². The number of rotatable bonds is 4. The number of aromatic carboxylic acids is 1. The molecule has 0 spiro atoms. The Labute approximate surface area is 150 Å². The molecule has 122 valence electrons. The molecule has 6 nitrogen and oxygen atoms in total. The Morgan fingerprint density at radius 1 is 1.29 bits per heavy atom. The summed E-state index contributed by atoms with van der Waals surface area (Å²) in [4.78, 5) is 19.5. The Bertz CT molecular complexity index is 949. The molecule has 1 N–H and O–H groups in total. The minimum atomic E-state index is -1.36. The van der Waals surface area contributed by atoms with Gasteiger partial charge < -0.3 is 20.0 Å². The van der Waals surface area contributed by atoms with Crippen molar-refractivity contribution in [3.05, 3.63) is 51.7 Å². The summed E-state index contributed by atoms with van der Waals surface area (Å²) in [5, 5.41) is 15.2. The fraction of sp³-hybridized carbons (Fsp3) is 0.0625. The van der Waals surface area contributed by atoms with Crippen LogP contribution in [0.2, 0.25) is 5.02 Å². The smallest absolute Gasteiger partial charge is 0.141 e. The monoisotopic (exact) mass is 406 g/mol. The van der Waals surface area contributed by atoms with Crippen molar-refractivity contribution in [1.29, 1.82) is 0 Å². The van der Waals surface area contributed by atoms with E-state index in [1.165, 1.54) is 25.6 Å². The molecule has 0 aliphatic carbocycles. The van der Waals surface area contributed by atoms with Gasteiger partial charge in [0.15, 0.2) is 0 Å². The number of halogens is 2. The lowest BCUT2D eigenvalue weighted by Crippen LogP contribution is -2.23. The number of fused-ring (bicyclic) bond motifs is 1. The third-order valence-corrected chi connectivity index (χ3v) is 4.17. The van der Waals surface area contributed by atoms with Crippen molar-refractivity contribution in [2.45, 2.75) is 0 Å². The van der Waals surface area contributed by atoms with Gasteiger partial charge in [0.2, 0.25) is 0 Å². The van der Waals surface area contributed by atoms with Gasteiger partial charge in [-0.1, -0.05) is 27.5 Å². The number of carboxylic acid groups (broad SMARTS) is 1. The van der Waals surface area contributed by atoms with Gasteiger partial charge in [-0.15, -0.1) is 0 Å². The van der Waals surface area contributed by atoms with Crippen LogP contribution in [0.5, 0.6) is 5.75 Å². The summed E-state index contributed by atoms with van der Waals surface area (Å²) in [6.07, 6.45) is 1.43. The third kappa shape index (κ3) is 3.13. The van der Waals surface area contributed by atoms with E-state index >= 15 is 0 Å². The Morgan fingerprint density at radius 2 is 2.08 bits per heavy atom. The standard InChI is InChI=1S/C16H11BrClN3O3/c1-24-14-6-13(11(18)5-10(14)16(22)23)21-15-9-4-8(17)2-3-12(9)19-7-20-15/h2-7H,1H3,(H,22,23)(H,19,20,21)/p-1. The van der Waals surface area contributed by atoms with Crippen LogP contribution in [0.3, 0.4) is 0 Å². The summed E-state index contributed by atoms with van der Waals surface area (Å²) in [6.45, 7) is 0. The number of aromatic nitrogens is 2. The fourth-order valence-electron chi connectivity index (χ4n) is 2.23. The van der Waals surface area contributed by atoms with Gasteiger partial charge in [0, 0.05) is 21.5 Å². The minimum Gasteiger partial charge on any atom is -0.545 e. The van der Waals surface area contributed by atoms with Crippen molar-refractivity contribution >= 4 is 55.9 Å². The molecule has 0 aliphatic rings. The first kappa shape index (κ1) is 16.5. The zero-order valence-electron chi connectivity index (χ0n) is 12.3. The van der Waals surface area contributed by atoms with E-state index in [0.29, 0.717) is 11.5 Å². The Balaban J connectivity index is 2.09. The van der Waals surface area contributed by atoms with Crippen LogP contribution in [0.4, 0.5) is 11.5 Å². The molecular formula is C16H10BrClN3O3-. The van der Waals surface area contributed by atoms with E-state index in [9.17, 15) is 9.90 Å². The predicted molar refractivity (Wildman–Crippen MR) is 92.9 cm³/mol. The lowest BCUT2D eigenvalue weighted by atomic mass is 10.1. The Kier molecular flexibility index (Phi) is 4.55. The van der Waals surface area contributed by atoms with Gasteiger partial charge in [-0.05, 0) is 24.3 Å². The number of nitrogens with zero attached hydrogens (tertiary/aromatic N) is 2. The maximum atomic E-state index is 11.1. The molecule has 0 bridgehead atoms. The highest BCUT2D eigenvalue weighted by molar-refractivity contribution is 9.10. The van der Waals surface area contributed by atoms with Crippen LogP contribution in [0.1, 0.15) is 10.4 Å². The van der Waals surface area contributed by atoms with Crippen LogP contribution in [-0.2, 0) is 0 Å². The van der Waals surface area contributed by atoms with E-state index < -0.39 is 5.97 Å². The molecule has 0 atom stereocenters. The summed E-state index contributed by atoms with van der Waals surface area (Å²) in [6, 6.07) is 8.37. The van der Waals surface area contributed by atoms with Crippen molar-refractivity contribution in [3.63, 3.8) is 0 Å². The molecule has 3 aromatic rings. The zero-order chi connectivity index (χ0) is 17.3. The molecule has 0 amide bonds. The molecule has 8 heteroatoms. The van der Waals surface area contributed by atoms with Gasteiger partial charge in [-0.25, -0.2) is 9.97 Å². The molecule has 2 aromatic carbocycles. The van der Waals surface area contributed by atoms with E-state index in [1.807, 2.05) is 18.2 Å². The van der Waals surface area contributed by atoms with Crippen molar-refractivity contribution in [2.75, 3.05) is 12.4 Å². The third-order valence-electron chi connectivity index (χ3n) is 3.36. The number of methoxy groups -OCH3 is 1. The van der Waals surface area contributed by atoms with Crippen molar-refractivity contribution in [1.82, 2.24) is 9.97 Å². The van der Waals surface area contributed by atoms with Gasteiger partial charge in [0.25, 0.3) is 0 Å². The number of hydrogen-bond acceptors (Lipinski definition) is 6. The summed E-state index contributed by atoms with van der Waals surface area (Å²) in [5.74, 6) is -0.690. The second kappa shape index (κ2) is 6.62. The summed E-state index contributed by atoms with van der Waals surface area (Å²) in [7, 11) is 1.37. The summed E-state index contributed by atoms with van der Waals surface area (Å²) < 4.78 is 5.97. The van der Waals surface area contributed by atoms with Crippen LogP contribution in [0, 0.1) is 0 Å². The van der Waals surface area contributed by atoms with E-state index in [1.54, 1.807) is 0 Å². The lowest BCUT2D eigenvalue weighted by molar-refractivity contribution is -0.255. The van der Waals surface area contributed by atoms with Gasteiger partial charge >= 0.3 is 0 Å². The van der Waals surface area contributed by atoms with E-state index in [-0.39, 0.29) is 16.3 Å². The highest BCUT2D eigenvalue weighted by Crippen LogP contribution is 2.34. The highest BCUT2D eigenvalue weighted by atomic mass is 79.9. The second-order valence-corrected chi connectivity index (χ2v) is 6.15. The quantitative estimate of drug-likeness (QED) is 0.715. The second-order valence-electron chi connectivity index (χ2n) is 4.83.